The Balaban J connectivity index is 0.000000500. The van der Waals surface area contributed by atoms with Crippen LogP contribution in [0.25, 0.3) is 0 Å². The summed E-state index contributed by atoms with van der Waals surface area (Å²) in [6.07, 6.45) is 3.55. The third-order valence-corrected chi connectivity index (χ3v) is 7.83. The average molecular weight is 739 g/mol. The molecule has 6 N–H and O–H groups in total. The molecule has 2 aromatic carbocycles. The Bertz CT molecular complexity index is 1300. The molecule has 2 aromatic rings. The molecule has 0 aromatic heterocycles. The highest BCUT2D eigenvalue weighted by molar-refractivity contribution is 6.31. The number of anilines is 2. The molecule has 0 unspecified atom stereocenters. The summed E-state index contributed by atoms with van der Waals surface area (Å²) in [5.41, 5.74) is 8.16. The molecular weight excluding hydrogens is 681 g/mol. The van der Waals surface area contributed by atoms with Crippen molar-refractivity contribution in [1.29, 1.82) is 0 Å². The molecule has 50 heavy (non-hydrogen) atoms. The third-order valence-electron chi connectivity index (χ3n) is 6.98. The second-order valence-electron chi connectivity index (χ2n) is 14.3. The van der Waals surface area contributed by atoms with Gasteiger partial charge in [-0.25, -0.2) is 9.59 Å². The van der Waals surface area contributed by atoms with Gasteiger partial charge in [0.25, 0.3) is 0 Å². The number of ether oxygens (including phenoxy) is 2. The van der Waals surface area contributed by atoms with Gasteiger partial charge < -0.3 is 36.5 Å². The molecule has 0 saturated heterocycles. The summed E-state index contributed by atoms with van der Waals surface area (Å²) in [4.78, 5) is 47.3. The summed E-state index contributed by atoms with van der Waals surface area (Å²) < 4.78 is 10.3. The first-order valence-electron chi connectivity index (χ1n) is 17.0. The Morgan fingerprint density at radius 1 is 0.680 bits per heavy atom. The van der Waals surface area contributed by atoms with E-state index in [0.29, 0.717) is 35.2 Å². The largest absolute Gasteiger partial charge is 0.444 e. The van der Waals surface area contributed by atoms with E-state index in [4.69, 9.17) is 38.4 Å². The van der Waals surface area contributed by atoms with Gasteiger partial charge in [-0.2, -0.15) is 0 Å². The van der Waals surface area contributed by atoms with Crippen molar-refractivity contribution in [2.75, 3.05) is 23.7 Å². The van der Waals surface area contributed by atoms with Crippen molar-refractivity contribution in [2.45, 2.75) is 118 Å². The van der Waals surface area contributed by atoms with E-state index in [1.807, 2.05) is 68.4 Å². The molecule has 0 fully saturated rings. The molecule has 0 bridgehead atoms. The Morgan fingerprint density at radius 3 is 1.48 bits per heavy atom. The van der Waals surface area contributed by atoms with Crippen molar-refractivity contribution >= 4 is 58.6 Å². The molecule has 0 heterocycles. The standard InChI is InChI=1S/C19H29ClN2O3.C18H28ClN3O3/c1-13(8-6-7-11-21-18(24)25-19(3,4)5)17(23)22-15-9-10-16(20)14(2)12-15;1-12-11-13(8-9-14(12)19)22-16(23)15(20)7-5-6-10-21-17(24)25-18(2,3)4/h9-10,12-13H,6-8,11H2,1-5H3,(H,21,24)(H,22,23);8-9,11,15H,5-7,10,20H2,1-4H3,(H,21,24)(H,22,23)/t13-;15-/m00/s1. The molecule has 2 atom stereocenters. The van der Waals surface area contributed by atoms with Gasteiger partial charge in [-0.3, -0.25) is 9.59 Å². The van der Waals surface area contributed by atoms with E-state index in [1.54, 1.807) is 30.3 Å². The molecule has 0 aliphatic heterocycles. The normalized spacial score (nSPS) is 12.4. The Hall–Kier alpha value is -3.54. The van der Waals surface area contributed by atoms with Gasteiger partial charge in [-0.1, -0.05) is 36.5 Å². The first-order chi connectivity index (χ1) is 23.2. The Labute approximate surface area is 308 Å². The van der Waals surface area contributed by atoms with Crippen LogP contribution in [0.15, 0.2) is 36.4 Å². The minimum atomic E-state index is -0.600. The number of hydrogen-bond donors (Lipinski definition) is 5. The molecule has 11 nitrogen and oxygen atoms in total. The molecular formula is C37H57Cl2N5O6. The molecule has 280 valence electrons. The monoisotopic (exact) mass is 737 g/mol. The van der Waals surface area contributed by atoms with E-state index >= 15 is 0 Å². The predicted octanol–water partition coefficient (Wildman–Crippen LogP) is 8.53. The second kappa shape index (κ2) is 21.6. The van der Waals surface area contributed by atoms with Crippen molar-refractivity contribution in [3.05, 3.63) is 57.6 Å². The highest BCUT2D eigenvalue weighted by atomic mass is 35.5. The lowest BCUT2D eigenvalue weighted by Gasteiger charge is -2.19. The molecule has 0 saturated carbocycles. The third kappa shape index (κ3) is 20.2. The van der Waals surface area contributed by atoms with Crippen LogP contribution in [0.2, 0.25) is 10.0 Å². The lowest BCUT2D eigenvalue weighted by molar-refractivity contribution is -0.119. The molecule has 0 aliphatic carbocycles. The van der Waals surface area contributed by atoms with Crippen LogP contribution in [0.1, 0.15) is 98.1 Å². The van der Waals surface area contributed by atoms with Crippen molar-refractivity contribution in [3.8, 4) is 0 Å². The van der Waals surface area contributed by atoms with Crippen LogP contribution in [0.3, 0.4) is 0 Å². The van der Waals surface area contributed by atoms with E-state index in [-0.39, 0.29) is 17.7 Å². The highest BCUT2D eigenvalue weighted by Gasteiger charge is 2.18. The SMILES string of the molecule is Cc1cc(NC(=O)[C@@H](C)CCCCNC(=O)OC(C)(C)C)ccc1Cl.Cc1cc(NC(=O)[C@@H](N)CCCCNC(=O)OC(C)(C)C)ccc1Cl. The molecule has 0 spiro atoms. The van der Waals surface area contributed by atoms with Gasteiger partial charge in [0, 0.05) is 40.4 Å². The quantitative estimate of drug-likeness (QED) is 0.121. The fraction of sp³-hybridized carbons (Fsp3) is 0.568. The predicted molar refractivity (Wildman–Crippen MR) is 203 cm³/mol. The van der Waals surface area contributed by atoms with Gasteiger partial charge in [-0.05, 0) is 135 Å². The maximum Gasteiger partial charge on any atom is 0.407 e. The van der Waals surface area contributed by atoms with Crippen LogP contribution >= 0.6 is 23.2 Å². The van der Waals surface area contributed by atoms with Crippen molar-refractivity contribution in [3.63, 3.8) is 0 Å². The van der Waals surface area contributed by atoms with Gasteiger partial charge in [0.1, 0.15) is 11.2 Å². The van der Waals surface area contributed by atoms with E-state index < -0.39 is 29.4 Å². The van der Waals surface area contributed by atoms with Crippen molar-refractivity contribution < 1.29 is 28.7 Å². The lowest BCUT2D eigenvalue weighted by atomic mass is 10.0. The number of aryl methyl sites for hydroxylation is 2. The zero-order valence-electron chi connectivity index (χ0n) is 31.1. The summed E-state index contributed by atoms with van der Waals surface area (Å²) in [7, 11) is 0. The highest BCUT2D eigenvalue weighted by Crippen LogP contribution is 2.21. The Kier molecular flexibility index (Phi) is 19.2. The molecule has 13 heteroatoms. The maximum absolute atomic E-state index is 12.2. The molecule has 0 radical (unpaired) electrons. The number of nitrogens with two attached hydrogens (primary N) is 1. The van der Waals surface area contributed by atoms with E-state index in [0.717, 1.165) is 48.9 Å². The van der Waals surface area contributed by atoms with Crippen LogP contribution in [0.4, 0.5) is 21.0 Å². The molecule has 0 aliphatic rings. The number of unbranched alkanes of at least 4 members (excludes halogenated alkanes) is 2. The number of rotatable bonds is 14. The zero-order valence-corrected chi connectivity index (χ0v) is 32.6. The zero-order chi connectivity index (χ0) is 38.1. The number of halogens is 2. The first-order valence-corrected chi connectivity index (χ1v) is 17.8. The van der Waals surface area contributed by atoms with Crippen LogP contribution in [0, 0.1) is 19.8 Å². The number of nitrogens with one attached hydrogen (secondary N) is 4. The van der Waals surface area contributed by atoms with Gasteiger partial charge in [0.15, 0.2) is 0 Å². The Morgan fingerprint density at radius 2 is 1.08 bits per heavy atom. The second-order valence-corrected chi connectivity index (χ2v) is 15.1. The minimum Gasteiger partial charge on any atom is -0.444 e. The summed E-state index contributed by atoms with van der Waals surface area (Å²) in [6.45, 7) is 17.6. The fourth-order valence-electron chi connectivity index (χ4n) is 4.28. The number of carbonyl (C=O) groups excluding carboxylic acids is 4. The molecule has 2 rings (SSSR count). The number of hydrogen-bond acceptors (Lipinski definition) is 7. The first kappa shape index (κ1) is 44.5. The summed E-state index contributed by atoms with van der Waals surface area (Å²) in [5, 5.41) is 12.4. The number of carbonyl (C=O) groups is 4. The van der Waals surface area contributed by atoms with Crippen molar-refractivity contribution in [2.24, 2.45) is 11.7 Å². The van der Waals surface area contributed by atoms with Gasteiger partial charge in [0.2, 0.25) is 11.8 Å². The summed E-state index contributed by atoms with van der Waals surface area (Å²) in [5.74, 6) is -0.346. The smallest absolute Gasteiger partial charge is 0.407 e. The number of amides is 4. The maximum atomic E-state index is 12.2. The summed E-state index contributed by atoms with van der Waals surface area (Å²) in [6, 6.07) is 10.1. The van der Waals surface area contributed by atoms with E-state index in [1.165, 1.54) is 0 Å². The van der Waals surface area contributed by atoms with E-state index in [9.17, 15) is 19.2 Å². The van der Waals surface area contributed by atoms with Crippen LogP contribution in [-0.4, -0.2) is 54.3 Å². The van der Waals surface area contributed by atoms with Crippen molar-refractivity contribution in [1.82, 2.24) is 10.6 Å². The molecule has 4 amide bonds. The van der Waals surface area contributed by atoms with Crippen LogP contribution < -0.4 is 27.0 Å². The van der Waals surface area contributed by atoms with Crippen LogP contribution in [-0.2, 0) is 19.1 Å². The number of benzene rings is 2. The van der Waals surface area contributed by atoms with E-state index in [2.05, 4.69) is 21.3 Å². The number of alkyl carbamates (subject to hydrolysis) is 2. The minimum absolute atomic E-state index is 0.0122. The summed E-state index contributed by atoms with van der Waals surface area (Å²) >= 11 is 11.9. The topological polar surface area (TPSA) is 161 Å². The average Bonchev–Trinajstić information content (AvgIpc) is 2.98. The fourth-order valence-corrected chi connectivity index (χ4v) is 4.52. The lowest BCUT2D eigenvalue weighted by Crippen LogP contribution is -2.36. The van der Waals surface area contributed by atoms with Gasteiger partial charge in [0.05, 0.1) is 6.04 Å². The van der Waals surface area contributed by atoms with Crippen LogP contribution in [0.5, 0.6) is 0 Å². The van der Waals surface area contributed by atoms with Gasteiger partial charge in [-0.15, -0.1) is 0 Å². The van der Waals surface area contributed by atoms with Gasteiger partial charge >= 0.3 is 12.2 Å².